The zero-order valence-electron chi connectivity index (χ0n) is 15.3. The van der Waals surface area contributed by atoms with Gasteiger partial charge in [-0.25, -0.2) is 17.7 Å². The molecule has 11 heteroatoms. The molecule has 0 N–H and O–H groups in total. The molecule has 2 heterocycles. The van der Waals surface area contributed by atoms with E-state index in [4.69, 9.17) is 39.5 Å². The third-order valence-corrected chi connectivity index (χ3v) is 6.75. The number of halogens is 3. The minimum absolute atomic E-state index is 0.0486. The van der Waals surface area contributed by atoms with Crippen LogP contribution in [0.25, 0.3) is 0 Å². The Morgan fingerprint density at radius 1 is 1.07 bits per heavy atom. The SMILES string of the molecule is Cc1cccc(COc2nc(Cl)cnc2N(C)S(=O)(=O)c2cccc(Cl)c2Cl)n1. The Bertz CT molecular complexity index is 1160. The maximum Gasteiger partial charge on any atom is 0.266 e. The lowest BCUT2D eigenvalue weighted by Crippen LogP contribution is -2.28. The average Bonchev–Trinajstić information content (AvgIpc) is 2.68. The normalized spacial score (nSPS) is 11.3. The Morgan fingerprint density at radius 2 is 1.79 bits per heavy atom. The monoisotopic (exact) mass is 472 g/mol. The molecular formula is C18H15Cl3N4O3S. The van der Waals surface area contributed by atoms with Gasteiger partial charge < -0.3 is 4.74 Å². The molecule has 0 amide bonds. The van der Waals surface area contributed by atoms with E-state index in [-0.39, 0.29) is 38.4 Å². The zero-order valence-corrected chi connectivity index (χ0v) is 18.4. The van der Waals surface area contributed by atoms with Crippen LogP contribution in [-0.4, -0.2) is 30.4 Å². The summed E-state index contributed by atoms with van der Waals surface area (Å²) in [4.78, 5) is 12.3. The molecule has 2 aromatic heterocycles. The van der Waals surface area contributed by atoms with Crippen LogP contribution in [0.2, 0.25) is 15.2 Å². The van der Waals surface area contributed by atoms with Gasteiger partial charge in [0.1, 0.15) is 11.5 Å². The first-order valence-electron chi connectivity index (χ1n) is 8.21. The number of rotatable bonds is 6. The molecule has 3 rings (SSSR count). The van der Waals surface area contributed by atoms with Gasteiger partial charge in [0.15, 0.2) is 5.15 Å². The van der Waals surface area contributed by atoms with Crippen LogP contribution >= 0.6 is 34.8 Å². The summed E-state index contributed by atoms with van der Waals surface area (Å²) >= 11 is 18.0. The van der Waals surface area contributed by atoms with Crippen molar-refractivity contribution in [2.24, 2.45) is 0 Å². The van der Waals surface area contributed by atoms with Crippen LogP contribution in [0, 0.1) is 6.92 Å². The van der Waals surface area contributed by atoms with Crippen molar-refractivity contribution in [1.82, 2.24) is 15.0 Å². The second kappa shape index (κ2) is 8.71. The third kappa shape index (κ3) is 4.72. The number of sulfonamides is 1. The molecule has 0 unspecified atom stereocenters. The molecule has 7 nitrogen and oxygen atoms in total. The molecule has 0 aliphatic carbocycles. The molecule has 0 fully saturated rings. The van der Waals surface area contributed by atoms with Crippen LogP contribution in [0.3, 0.4) is 0 Å². The largest absolute Gasteiger partial charge is 0.468 e. The van der Waals surface area contributed by atoms with Crippen molar-refractivity contribution in [3.05, 3.63) is 69.2 Å². The van der Waals surface area contributed by atoms with E-state index in [9.17, 15) is 8.42 Å². The van der Waals surface area contributed by atoms with Gasteiger partial charge in [-0.1, -0.05) is 46.9 Å². The summed E-state index contributed by atoms with van der Waals surface area (Å²) in [6.07, 6.45) is 1.22. The first kappa shape index (κ1) is 21.6. The Balaban J connectivity index is 1.96. The summed E-state index contributed by atoms with van der Waals surface area (Å²) in [6, 6.07) is 9.79. The van der Waals surface area contributed by atoms with Crippen LogP contribution in [0.5, 0.6) is 5.88 Å². The molecular weight excluding hydrogens is 459 g/mol. The summed E-state index contributed by atoms with van der Waals surface area (Å²) in [7, 11) is -2.79. The van der Waals surface area contributed by atoms with Gasteiger partial charge in [0.2, 0.25) is 5.82 Å². The van der Waals surface area contributed by atoms with E-state index in [0.29, 0.717) is 5.69 Å². The van der Waals surface area contributed by atoms with Gasteiger partial charge in [-0.05, 0) is 31.2 Å². The van der Waals surface area contributed by atoms with Gasteiger partial charge >= 0.3 is 0 Å². The summed E-state index contributed by atoms with van der Waals surface area (Å²) in [5, 5.41) is 0.0761. The smallest absolute Gasteiger partial charge is 0.266 e. The van der Waals surface area contributed by atoms with E-state index in [1.54, 1.807) is 6.07 Å². The molecule has 1 aromatic carbocycles. The Hall–Kier alpha value is -2.13. The molecule has 152 valence electrons. The number of hydrogen-bond donors (Lipinski definition) is 0. The maximum absolute atomic E-state index is 13.1. The number of benzene rings is 1. The molecule has 3 aromatic rings. The van der Waals surface area contributed by atoms with E-state index < -0.39 is 10.0 Å². The lowest BCUT2D eigenvalue weighted by atomic mass is 10.3. The van der Waals surface area contributed by atoms with Crippen molar-refractivity contribution >= 4 is 50.6 Å². The predicted molar refractivity (Wildman–Crippen MR) is 112 cm³/mol. The Kier molecular flexibility index (Phi) is 6.48. The molecule has 0 spiro atoms. The van der Waals surface area contributed by atoms with E-state index in [2.05, 4.69) is 15.0 Å². The minimum atomic E-state index is -4.09. The number of aryl methyl sites for hydroxylation is 1. The second-order valence-electron chi connectivity index (χ2n) is 5.90. The molecule has 0 atom stereocenters. The zero-order chi connectivity index (χ0) is 21.2. The highest BCUT2D eigenvalue weighted by Crippen LogP contribution is 2.34. The minimum Gasteiger partial charge on any atom is -0.468 e. The highest BCUT2D eigenvalue weighted by atomic mass is 35.5. The first-order valence-corrected chi connectivity index (χ1v) is 10.8. The topological polar surface area (TPSA) is 85.3 Å². The van der Waals surface area contributed by atoms with Gasteiger partial charge in [0.05, 0.1) is 21.9 Å². The number of hydrogen-bond acceptors (Lipinski definition) is 6. The van der Waals surface area contributed by atoms with E-state index in [1.807, 2.05) is 19.1 Å². The van der Waals surface area contributed by atoms with Gasteiger partial charge in [0, 0.05) is 12.7 Å². The fourth-order valence-electron chi connectivity index (χ4n) is 2.43. The fourth-order valence-corrected chi connectivity index (χ4v) is 4.43. The molecule has 29 heavy (non-hydrogen) atoms. The van der Waals surface area contributed by atoms with E-state index >= 15 is 0 Å². The standard InChI is InChI=1S/C18H15Cl3N4O3S/c1-11-5-3-6-12(23-11)10-28-18-17(22-9-15(20)24-18)25(2)29(26,27)14-8-4-7-13(19)16(14)21/h3-9H,10H2,1-2H3. The van der Waals surface area contributed by atoms with Crippen LogP contribution in [0.15, 0.2) is 47.5 Å². The fraction of sp³-hybridized carbons (Fsp3) is 0.167. The van der Waals surface area contributed by atoms with E-state index in [0.717, 1.165) is 10.00 Å². The van der Waals surface area contributed by atoms with Gasteiger partial charge in [0.25, 0.3) is 15.9 Å². The predicted octanol–water partition coefficient (Wildman–Crippen LogP) is 4.54. The lowest BCUT2D eigenvalue weighted by molar-refractivity contribution is 0.289. The summed E-state index contributed by atoms with van der Waals surface area (Å²) in [6.45, 7) is 1.90. The highest BCUT2D eigenvalue weighted by Gasteiger charge is 2.29. The van der Waals surface area contributed by atoms with Gasteiger partial charge in [-0.3, -0.25) is 4.98 Å². The molecule has 0 saturated carbocycles. The van der Waals surface area contributed by atoms with Crippen molar-refractivity contribution < 1.29 is 13.2 Å². The quantitative estimate of drug-likeness (QED) is 0.522. The number of ether oxygens (including phenoxy) is 1. The van der Waals surface area contributed by atoms with Crippen molar-refractivity contribution in [3.63, 3.8) is 0 Å². The second-order valence-corrected chi connectivity index (χ2v) is 9.02. The van der Waals surface area contributed by atoms with Gasteiger partial charge in [-0.2, -0.15) is 4.98 Å². The Morgan fingerprint density at radius 3 is 2.52 bits per heavy atom. The van der Waals surface area contributed by atoms with Crippen LogP contribution in [0.1, 0.15) is 11.4 Å². The first-order chi connectivity index (χ1) is 13.7. The Labute approximate surface area is 183 Å². The maximum atomic E-state index is 13.1. The summed E-state index contributed by atoms with van der Waals surface area (Å²) in [5.74, 6) is -0.122. The van der Waals surface area contributed by atoms with Crippen molar-refractivity contribution in [2.45, 2.75) is 18.4 Å². The van der Waals surface area contributed by atoms with Crippen molar-refractivity contribution in [1.29, 1.82) is 0 Å². The highest BCUT2D eigenvalue weighted by molar-refractivity contribution is 7.93. The number of aromatic nitrogens is 3. The molecule has 0 aliphatic rings. The van der Waals surface area contributed by atoms with Gasteiger partial charge in [-0.15, -0.1) is 0 Å². The molecule has 0 radical (unpaired) electrons. The van der Waals surface area contributed by atoms with Crippen molar-refractivity contribution in [3.8, 4) is 5.88 Å². The number of anilines is 1. The van der Waals surface area contributed by atoms with E-state index in [1.165, 1.54) is 31.4 Å². The van der Waals surface area contributed by atoms with Crippen LogP contribution in [-0.2, 0) is 16.6 Å². The molecule has 0 bridgehead atoms. The van der Waals surface area contributed by atoms with Crippen molar-refractivity contribution in [2.75, 3.05) is 11.4 Å². The number of pyridine rings is 1. The number of nitrogens with zero attached hydrogens (tertiary/aromatic N) is 4. The van der Waals surface area contributed by atoms with Crippen LogP contribution < -0.4 is 9.04 Å². The summed E-state index contributed by atoms with van der Waals surface area (Å²) < 4.78 is 32.7. The molecule has 0 saturated heterocycles. The van der Waals surface area contributed by atoms with Crippen LogP contribution in [0.4, 0.5) is 5.82 Å². The third-order valence-electron chi connectivity index (χ3n) is 3.85. The summed E-state index contributed by atoms with van der Waals surface area (Å²) in [5.41, 5.74) is 1.46. The lowest BCUT2D eigenvalue weighted by Gasteiger charge is -2.21. The molecule has 0 aliphatic heterocycles. The average molecular weight is 474 g/mol.